The first kappa shape index (κ1) is 20.2. The van der Waals surface area contributed by atoms with Crippen molar-refractivity contribution in [2.45, 2.75) is 0 Å². The van der Waals surface area contributed by atoms with E-state index >= 15 is 0 Å². The largest absolute Gasteiger partial charge is 0.438 e. The molecule has 0 aliphatic heterocycles. The highest BCUT2D eigenvalue weighted by molar-refractivity contribution is 6.36. The summed E-state index contributed by atoms with van der Waals surface area (Å²) in [6.07, 6.45) is -1.02. The van der Waals surface area contributed by atoms with Gasteiger partial charge in [-0.1, -0.05) is 35.9 Å². The lowest BCUT2D eigenvalue weighted by atomic mass is 10.2. The van der Waals surface area contributed by atoms with E-state index in [1.807, 2.05) is 0 Å². The first-order valence-corrected chi connectivity index (χ1v) is 8.68. The van der Waals surface area contributed by atoms with Crippen LogP contribution >= 0.6 is 23.2 Å². The molecule has 1 heterocycles. The Balaban J connectivity index is 1.94. The molecule has 0 saturated carbocycles. The number of halogens is 2. The summed E-state index contributed by atoms with van der Waals surface area (Å²) >= 11 is 11.6. The predicted octanol–water partition coefficient (Wildman–Crippen LogP) is 5.31. The maximum Gasteiger partial charge on any atom is 0.436 e. The van der Waals surface area contributed by atoms with Gasteiger partial charge in [-0.3, -0.25) is 20.2 Å². The standard InChI is InChI=1S/C18H11Cl2N3O6/c19-14-10-15(20)28-16(14)17(24)22(12-7-4-8-13(9-12)23(26)27)29-18(25)21-11-5-2-1-3-6-11/h1-10H,(H,21,25). The van der Waals surface area contributed by atoms with Gasteiger partial charge in [0.05, 0.1) is 15.6 Å². The van der Waals surface area contributed by atoms with Crippen LogP contribution in [0, 0.1) is 10.1 Å². The third-order valence-electron chi connectivity index (χ3n) is 3.50. The summed E-state index contributed by atoms with van der Waals surface area (Å²) in [4.78, 5) is 40.7. The van der Waals surface area contributed by atoms with E-state index in [0.717, 1.165) is 6.07 Å². The van der Waals surface area contributed by atoms with Crippen molar-refractivity contribution in [3.8, 4) is 0 Å². The zero-order valence-electron chi connectivity index (χ0n) is 14.4. The Kier molecular flexibility index (Phi) is 6.01. The molecular formula is C18H11Cl2N3O6. The monoisotopic (exact) mass is 435 g/mol. The van der Waals surface area contributed by atoms with Crippen LogP contribution in [0.3, 0.4) is 0 Å². The second-order valence-electron chi connectivity index (χ2n) is 5.47. The van der Waals surface area contributed by atoms with E-state index in [-0.39, 0.29) is 21.6 Å². The van der Waals surface area contributed by atoms with E-state index in [2.05, 4.69) is 5.32 Å². The molecule has 3 rings (SSSR count). The fourth-order valence-corrected chi connectivity index (χ4v) is 2.73. The van der Waals surface area contributed by atoms with Crippen LogP contribution in [-0.2, 0) is 4.84 Å². The third-order valence-corrected chi connectivity index (χ3v) is 3.97. The number of amides is 2. The summed E-state index contributed by atoms with van der Waals surface area (Å²) in [5.74, 6) is -1.40. The van der Waals surface area contributed by atoms with Gasteiger partial charge in [0.15, 0.2) is 5.22 Å². The number of furan rings is 1. The highest BCUT2D eigenvalue weighted by atomic mass is 35.5. The van der Waals surface area contributed by atoms with Crippen LogP contribution in [0.1, 0.15) is 10.6 Å². The van der Waals surface area contributed by atoms with Gasteiger partial charge in [0.2, 0.25) is 5.76 Å². The average Bonchev–Trinajstić information content (AvgIpc) is 3.04. The predicted molar refractivity (Wildman–Crippen MR) is 105 cm³/mol. The van der Waals surface area contributed by atoms with Gasteiger partial charge in [0.25, 0.3) is 5.69 Å². The lowest BCUT2D eigenvalue weighted by Gasteiger charge is -2.20. The van der Waals surface area contributed by atoms with Crippen molar-refractivity contribution in [3.05, 3.63) is 86.8 Å². The molecule has 1 aromatic heterocycles. The Labute approximate surface area is 173 Å². The van der Waals surface area contributed by atoms with Crippen LogP contribution in [0.25, 0.3) is 0 Å². The van der Waals surface area contributed by atoms with E-state index in [0.29, 0.717) is 10.8 Å². The number of anilines is 2. The van der Waals surface area contributed by atoms with Crippen LogP contribution in [0.2, 0.25) is 10.2 Å². The quantitative estimate of drug-likeness (QED) is 0.438. The number of benzene rings is 2. The molecule has 1 N–H and O–H groups in total. The normalized spacial score (nSPS) is 10.3. The Morgan fingerprint density at radius 2 is 1.79 bits per heavy atom. The van der Waals surface area contributed by atoms with Crippen LogP contribution in [-0.4, -0.2) is 16.9 Å². The molecular weight excluding hydrogens is 425 g/mol. The molecule has 0 spiro atoms. The summed E-state index contributed by atoms with van der Waals surface area (Å²) in [6.45, 7) is 0. The highest BCUT2D eigenvalue weighted by Crippen LogP contribution is 2.29. The van der Waals surface area contributed by atoms with Gasteiger partial charge in [-0.2, -0.15) is 0 Å². The topological polar surface area (TPSA) is 115 Å². The molecule has 29 heavy (non-hydrogen) atoms. The van der Waals surface area contributed by atoms with E-state index in [4.69, 9.17) is 32.5 Å². The molecule has 0 bridgehead atoms. The number of para-hydroxylation sites is 1. The summed E-state index contributed by atoms with van der Waals surface area (Å²) in [7, 11) is 0. The molecule has 0 radical (unpaired) electrons. The van der Waals surface area contributed by atoms with E-state index in [1.54, 1.807) is 30.3 Å². The number of hydrogen-bond donors (Lipinski definition) is 1. The number of carbonyl (C=O) groups is 2. The summed E-state index contributed by atoms with van der Waals surface area (Å²) in [6, 6.07) is 14.4. The zero-order chi connectivity index (χ0) is 21.0. The van der Waals surface area contributed by atoms with Gasteiger partial charge in [-0.25, -0.2) is 4.79 Å². The van der Waals surface area contributed by atoms with Crippen molar-refractivity contribution in [1.29, 1.82) is 0 Å². The Hall–Kier alpha value is -3.56. The van der Waals surface area contributed by atoms with Crippen molar-refractivity contribution < 1.29 is 23.8 Å². The number of hydroxylamine groups is 1. The molecule has 9 nitrogen and oxygen atoms in total. The highest BCUT2D eigenvalue weighted by Gasteiger charge is 2.29. The van der Waals surface area contributed by atoms with Crippen LogP contribution in [0.15, 0.2) is 65.1 Å². The number of rotatable bonds is 4. The lowest BCUT2D eigenvalue weighted by Crippen LogP contribution is -2.35. The van der Waals surface area contributed by atoms with Crippen molar-refractivity contribution in [2.24, 2.45) is 0 Å². The second kappa shape index (κ2) is 8.63. The maximum atomic E-state index is 12.9. The minimum absolute atomic E-state index is 0.101. The molecule has 3 aromatic rings. The average molecular weight is 436 g/mol. The first-order chi connectivity index (χ1) is 13.8. The van der Waals surface area contributed by atoms with Crippen molar-refractivity contribution in [1.82, 2.24) is 0 Å². The van der Waals surface area contributed by atoms with E-state index < -0.39 is 22.7 Å². The number of carbonyl (C=O) groups excluding carboxylic acids is 2. The lowest BCUT2D eigenvalue weighted by molar-refractivity contribution is -0.384. The van der Waals surface area contributed by atoms with E-state index in [1.165, 1.54) is 24.3 Å². The molecule has 0 fully saturated rings. The summed E-state index contributed by atoms with van der Waals surface area (Å²) in [5.41, 5.74) is -0.0186. The molecule has 148 valence electrons. The van der Waals surface area contributed by atoms with Gasteiger partial charge >= 0.3 is 12.0 Å². The number of nitrogens with one attached hydrogen (secondary N) is 1. The second-order valence-corrected chi connectivity index (χ2v) is 6.25. The molecule has 2 amide bonds. The zero-order valence-corrected chi connectivity index (χ0v) is 15.9. The maximum absolute atomic E-state index is 12.9. The number of nitrogens with zero attached hydrogens (tertiary/aromatic N) is 2. The Morgan fingerprint density at radius 3 is 2.41 bits per heavy atom. The van der Waals surface area contributed by atoms with Gasteiger partial charge in [-0.05, 0) is 29.8 Å². The van der Waals surface area contributed by atoms with Crippen LogP contribution in [0.4, 0.5) is 21.9 Å². The number of nitro benzene ring substituents is 1. The van der Waals surface area contributed by atoms with Crippen molar-refractivity contribution >= 4 is 52.3 Å². The SMILES string of the molecule is O=C(Nc1ccccc1)ON(C(=O)c1oc(Cl)cc1Cl)c1cccc([N+](=O)[O-])c1. The summed E-state index contributed by atoms with van der Waals surface area (Å²) in [5, 5.41) is 13.7. The molecule has 0 aliphatic rings. The molecule has 2 aromatic carbocycles. The van der Waals surface area contributed by atoms with Crippen molar-refractivity contribution in [2.75, 3.05) is 10.4 Å². The molecule has 0 atom stereocenters. The minimum Gasteiger partial charge on any atom is -0.438 e. The van der Waals surface area contributed by atoms with Crippen LogP contribution < -0.4 is 10.4 Å². The smallest absolute Gasteiger partial charge is 0.436 e. The first-order valence-electron chi connectivity index (χ1n) is 7.93. The molecule has 11 heteroatoms. The summed E-state index contributed by atoms with van der Waals surface area (Å²) < 4.78 is 5.05. The Bertz CT molecular complexity index is 1070. The molecule has 0 saturated heterocycles. The fourth-order valence-electron chi connectivity index (χ4n) is 2.27. The Morgan fingerprint density at radius 1 is 1.07 bits per heavy atom. The molecule has 0 unspecified atom stereocenters. The molecule has 0 aliphatic carbocycles. The third kappa shape index (κ3) is 4.84. The number of non-ortho nitro benzene ring substituents is 1. The van der Waals surface area contributed by atoms with Gasteiger partial charge in [0.1, 0.15) is 0 Å². The van der Waals surface area contributed by atoms with Gasteiger partial charge in [0, 0.05) is 23.9 Å². The minimum atomic E-state index is -1.02. The van der Waals surface area contributed by atoms with Gasteiger partial charge < -0.3 is 9.25 Å². The number of hydrogen-bond acceptors (Lipinski definition) is 6. The van der Waals surface area contributed by atoms with E-state index in [9.17, 15) is 19.7 Å². The fraction of sp³-hybridized carbons (Fsp3) is 0. The van der Waals surface area contributed by atoms with Crippen LogP contribution in [0.5, 0.6) is 0 Å². The number of nitro groups is 1. The van der Waals surface area contributed by atoms with Crippen molar-refractivity contribution in [3.63, 3.8) is 0 Å². The van der Waals surface area contributed by atoms with Gasteiger partial charge in [-0.15, -0.1) is 5.06 Å².